The Hall–Kier alpha value is -1.88. The molecule has 0 aromatic heterocycles. The van der Waals surface area contributed by atoms with E-state index in [1.165, 1.54) is 0 Å². The van der Waals surface area contributed by atoms with Crippen molar-refractivity contribution in [3.05, 3.63) is 35.9 Å². The second-order valence-corrected chi connectivity index (χ2v) is 4.95. The van der Waals surface area contributed by atoms with Crippen LogP contribution in [-0.2, 0) is 14.3 Å². The van der Waals surface area contributed by atoms with Gasteiger partial charge in [0.05, 0.1) is 12.1 Å². The number of nitrogens with one attached hydrogen (secondary N) is 2. The molecule has 108 valence electrons. The van der Waals surface area contributed by atoms with E-state index in [-0.39, 0.29) is 12.1 Å². The van der Waals surface area contributed by atoms with Gasteiger partial charge in [-0.15, -0.1) is 0 Å². The second kappa shape index (κ2) is 7.05. The summed E-state index contributed by atoms with van der Waals surface area (Å²) in [6, 6.07) is 9.33. The van der Waals surface area contributed by atoms with Crippen molar-refractivity contribution in [1.82, 2.24) is 10.6 Å². The molecule has 5 nitrogen and oxygen atoms in total. The van der Waals surface area contributed by atoms with Gasteiger partial charge in [0, 0.05) is 13.2 Å². The van der Waals surface area contributed by atoms with E-state index < -0.39 is 11.8 Å². The largest absolute Gasteiger partial charge is 0.376 e. The lowest BCUT2D eigenvalue weighted by Gasteiger charge is -2.15. The third kappa shape index (κ3) is 4.06. The lowest BCUT2D eigenvalue weighted by molar-refractivity contribution is -0.139. The van der Waals surface area contributed by atoms with E-state index in [1.54, 1.807) is 0 Å². The Labute approximate surface area is 118 Å². The maximum Gasteiger partial charge on any atom is 0.309 e. The summed E-state index contributed by atoms with van der Waals surface area (Å²) in [5, 5.41) is 5.28. The van der Waals surface area contributed by atoms with Gasteiger partial charge in [-0.1, -0.05) is 30.3 Å². The van der Waals surface area contributed by atoms with Crippen molar-refractivity contribution in [2.75, 3.05) is 13.2 Å². The van der Waals surface area contributed by atoms with Crippen LogP contribution < -0.4 is 10.6 Å². The summed E-state index contributed by atoms with van der Waals surface area (Å²) in [5.74, 6) is -1.22. The van der Waals surface area contributed by atoms with Gasteiger partial charge in [0.25, 0.3) is 0 Å². The minimum atomic E-state index is -0.612. The van der Waals surface area contributed by atoms with Gasteiger partial charge in [0.2, 0.25) is 0 Å². The van der Waals surface area contributed by atoms with Crippen LogP contribution in [0.4, 0.5) is 0 Å². The molecule has 5 heteroatoms. The maximum absolute atomic E-state index is 11.8. The molecule has 0 radical (unpaired) electrons. The summed E-state index contributed by atoms with van der Waals surface area (Å²) in [7, 11) is 0. The minimum Gasteiger partial charge on any atom is -0.376 e. The monoisotopic (exact) mass is 276 g/mol. The topological polar surface area (TPSA) is 67.4 Å². The fraction of sp³-hybridized carbons (Fsp3) is 0.467. The molecule has 2 N–H and O–H groups in total. The number of amides is 2. The lowest BCUT2D eigenvalue weighted by atomic mass is 10.1. The first-order valence-electron chi connectivity index (χ1n) is 6.92. The van der Waals surface area contributed by atoms with Crippen molar-refractivity contribution >= 4 is 11.8 Å². The molecular formula is C15H20N2O3. The zero-order valence-electron chi connectivity index (χ0n) is 11.6. The van der Waals surface area contributed by atoms with Crippen LogP contribution in [0.3, 0.4) is 0 Å². The Kier molecular flexibility index (Phi) is 5.12. The van der Waals surface area contributed by atoms with Crippen molar-refractivity contribution in [2.24, 2.45) is 0 Å². The van der Waals surface area contributed by atoms with Crippen LogP contribution in [0.1, 0.15) is 31.4 Å². The molecule has 20 heavy (non-hydrogen) atoms. The van der Waals surface area contributed by atoms with E-state index in [2.05, 4.69) is 10.6 Å². The van der Waals surface area contributed by atoms with E-state index in [4.69, 9.17) is 4.74 Å². The Morgan fingerprint density at radius 1 is 1.30 bits per heavy atom. The molecule has 1 fully saturated rings. The zero-order chi connectivity index (χ0) is 14.4. The van der Waals surface area contributed by atoms with E-state index in [1.807, 2.05) is 37.3 Å². The quantitative estimate of drug-likeness (QED) is 0.811. The fourth-order valence-electron chi connectivity index (χ4n) is 2.18. The average molecular weight is 276 g/mol. The second-order valence-electron chi connectivity index (χ2n) is 4.95. The van der Waals surface area contributed by atoms with Gasteiger partial charge in [-0.2, -0.15) is 0 Å². The van der Waals surface area contributed by atoms with Gasteiger partial charge >= 0.3 is 11.8 Å². The highest BCUT2D eigenvalue weighted by molar-refractivity contribution is 6.35. The first-order chi connectivity index (χ1) is 9.66. The predicted molar refractivity (Wildman–Crippen MR) is 75.0 cm³/mol. The first kappa shape index (κ1) is 14.5. The summed E-state index contributed by atoms with van der Waals surface area (Å²) < 4.78 is 5.39. The van der Waals surface area contributed by atoms with Crippen molar-refractivity contribution in [3.63, 3.8) is 0 Å². The molecule has 2 amide bonds. The predicted octanol–water partition coefficient (Wildman–Crippen LogP) is 1.16. The molecule has 1 aliphatic heterocycles. The van der Waals surface area contributed by atoms with E-state index in [0.717, 1.165) is 25.0 Å². The summed E-state index contributed by atoms with van der Waals surface area (Å²) in [5.41, 5.74) is 0.966. The molecule has 1 aromatic carbocycles. The Morgan fingerprint density at radius 2 is 2.05 bits per heavy atom. The van der Waals surface area contributed by atoms with Crippen molar-refractivity contribution in [1.29, 1.82) is 0 Å². The molecule has 1 aliphatic rings. The number of ether oxygens (including phenoxy) is 1. The highest BCUT2D eigenvalue weighted by Gasteiger charge is 2.20. The van der Waals surface area contributed by atoms with Gasteiger partial charge in [-0.25, -0.2) is 0 Å². The van der Waals surface area contributed by atoms with Crippen LogP contribution >= 0.6 is 0 Å². The Bertz CT molecular complexity index is 455. The number of benzene rings is 1. The maximum atomic E-state index is 11.8. The number of rotatable bonds is 4. The molecule has 0 spiro atoms. The van der Waals surface area contributed by atoms with Crippen molar-refractivity contribution in [2.45, 2.75) is 31.9 Å². The van der Waals surface area contributed by atoms with Crippen LogP contribution in [0.15, 0.2) is 30.3 Å². The van der Waals surface area contributed by atoms with E-state index >= 15 is 0 Å². The van der Waals surface area contributed by atoms with Crippen molar-refractivity contribution < 1.29 is 14.3 Å². The van der Waals surface area contributed by atoms with Gasteiger partial charge in [0.15, 0.2) is 0 Å². The molecule has 2 rings (SSSR count). The third-order valence-electron chi connectivity index (χ3n) is 3.37. The van der Waals surface area contributed by atoms with Crippen LogP contribution in [0.2, 0.25) is 0 Å². The molecule has 0 bridgehead atoms. The van der Waals surface area contributed by atoms with Gasteiger partial charge in [-0.05, 0) is 25.3 Å². The summed E-state index contributed by atoms with van der Waals surface area (Å²) >= 11 is 0. The van der Waals surface area contributed by atoms with Crippen LogP contribution in [-0.4, -0.2) is 31.1 Å². The third-order valence-corrected chi connectivity index (χ3v) is 3.37. The molecular weight excluding hydrogens is 256 g/mol. The zero-order valence-corrected chi connectivity index (χ0v) is 11.6. The van der Waals surface area contributed by atoms with E-state index in [9.17, 15) is 9.59 Å². The normalized spacial score (nSPS) is 19.4. The number of carbonyl (C=O) groups is 2. The minimum absolute atomic E-state index is 0.0401. The van der Waals surface area contributed by atoms with Gasteiger partial charge < -0.3 is 15.4 Å². The molecule has 0 unspecified atom stereocenters. The summed E-state index contributed by atoms with van der Waals surface area (Å²) in [6.07, 6.45) is 1.98. The highest BCUT2D eigenvalue weighted by Crippen LogP contribution is 2.11. The molecule has 0 saturated carbocycles. The average Bonchev–Trinajstić information content (AvgIpc) is 2.98. The molecule has 1 aromatic rings. The molecule has 0 aliphatic carbocycles. The summed E-state index contributed by atoms with van der Waals surface area (Å²) in [6.45, 7) is 2.98. The SMILES string of the molecule is C[C@H](NC(=O)C(=O)NC[C@@H]1CCCO1)c1ccccc1. The molecule has 1 heterocycles. The van der Waals surface area contributed by atoms with Crippen LogP contribution in [0.5, 0.6) is 0 Å². The summed E-state index contributed by atoms with van der Waals surface area (Å²) in [4.78, 5) is 23.5. The van der Waals surface area contributed by atoms with Gasteiger partial charge in [-0.3, -0.25) is 9.59 Å². The highest BCUT2D eigenvalue weighted by atomic mass is 16.5. The fourth-order valence-corrected chi connectivity index (χ4v) is 2.18. The standard InChI is InChI=1S/C15H20N2O3/c1-11(12-6-3-2-4-7-12)17-15(19)14(18)16-10-13-8-5-9-20-13/h2-4,6-7,11,13H,5,8-10H2,1H3,(H,16,18)(H,17,19)/t11-,13-/m0/s1. The van der Waals surface area contributed by atoms with Crippen molar-refractivity contribution in [3.8, 4) is 0 Å². The number of hydrogen-bond acceptors (Lipinski definition) is 3. The molecule has 2 atom stereocenters. The lowest BCUT2D eigenvalue weighted by Crippen LogP contribution is -2.43. The molecule has 1 saturated heterocycles. The number of carbonyl (C=O) groups excluding carboxylic acids is 2. The first-order valence-corrected chi connectivity index (χ1v) is 6.92. The Morgan fingerprint density at radius 3 is 2.70 bits per heavy atom. The number of hydrogen-bond donors (Lipinski definition) is 2. The van der Waals surface area contributed by atoms with Gasteiger partial charge in [0.1, 0.15) is 0 Å². The van der Waals surface area contributed by atoms with Crippen LogP contribution in [0.25, 0.3) is 0 Å². The van der Waals surface area contributed by atoms with Crippen LogP contribution in [0, 0.1) is 0 Å². The van der Waals surface area contributed by atoms with E-state index in [0.29, 0.717) is 6.54 Å². The Balaban J connectivity index is 1.77. The smallest absolute Gasteiger partial charge is 0.309 e.